The van der Waals surface area contributed by atoms with Crippen LogP contribution in [0, 0.1) is 6.92 Å². The number of methoxy groups -OCH3 is 1. The third kappa shape index (κ3) is 4.83. The summed E-state index contributed by atoms with van der Waals surface area (Å²) in [6.45, 7) is 4.40. The predicted molar refractivity (Wildman–Crippen MR) is 99.0 cm³/mol. The molecule has 0 spiro atoms. The fourth-order valence-corrected chi connectivity index (χ4v) is 2.62. The highest BCUT2D eigenvalue weighted by Gasteiger charge is 2.20. The van der Waals surface area contributed by atoms with Crippen molar-refractivity contribution >= 4 is 17.5 Å². The SMILES string of the molecule is CCCN(CC(=O)Nc1ccccc1OC)C(=O)c1ccccc1C. The molecule has 5 heteroatoms. The van der Waals surface area contributed by atoms with E-state index in [0.29, 0.717) is 23.5 Å². The summed E-state index contributed by atoms with van der Waals surface area (Å²) in [4.78, 5) is 26.8. The number of rotatable bonds is 7. The third-order valence-corrected chi connectivity index (χ3v) is 3.87. The maximum atomic E-state index is 12.8. The van der Waals surface area contributed by atoms with Gasteiger partial charge in [-0.05, 0) is 37.1 Å². The van der Waals surface area contributed by atoms with Crippen LogP contribution in [0.4, 0.5) is 5.69 Å². The molecule has 2 rings (SSSR count). The van der Waals surface area contributed by atoms with E-state index < -0.39 is 0 Å². The summed E-state index contributed by atoms with van der Waals surface area (Å²) in [6, 6.07) is 14.6. The van der Waals surface area contributed by atoms with Crippen molar-refractivity contribution in [3.05, 3.63) is 59.7 Å². The van der Waals surface area contributed by atoms with Crippen LogP contribution in [0.25, 0.3) is 0 Å². The summed E-state index contributed by atoms with van der Waals surface area (Å²) in [5.74, 6) is 0.207. The van der Waals surface area contributed by atoms with Crippen LogP contribution in [0.3, 0.4) is 0 Å². The van der Waals surface area contributed by atoms with Gasteiger partial charge in [-0.2, -0.15) is 0 Å². The lowest BCUT2D eigenvalue weighted by Gasteiger charge is -2.22. The van der Waals surface area contributed by atoms with Gasteiger partial charge in [-0.1, -0.05) is 37.3 Å². The van der Waals surface area contributed by atoms with Crippen molar-refractivity contribution in [3.63, 3.8) is 0 Å². The molecule has 1 N–H and O–H groups in total. The summed E-state index contributed by atoms with van der Waals surface area (Å²) in [5.41, 5.74) is 2.12. The quantitative estimate of drug-likeness (QED) is 0.839. The van der Waals surface area contributed by atoms with Gasteiger partial charge in [0.2, 0.25) is 5.91 Å². The minimum Gasteiger partial charge on any atom is -0.495 e. The van der Waals surface area contributed by atoms with Gasteiger partial charge >= 0.3 is 0 Å². The molecular formula is C20H24N2O3. The van der Waals surface area contributed by atoms with E-state index in [-0.39, 0.29) is 18.4 Å². The van der Waals surface area contributed by atoms with Gasteiger partial charge in [-0.15, -0.1) is 0 Å². The van der Waals surface area contributed by atoms with Gasteiger partial charge in [0.1, 0.15) is 12.3 Å². The van der Waals surface area contributed by atoms with Crippen molar-refractivity contribution in [2.24, 2.45) is 0 Å². The minimum atomic E-state index is -0.250. The van der Waals surface area contributed by atoms with Crippen LogP contribution >= 0.6 is 0 Å². The van der Waals surface area contributed by atoms with E-state index in [2.05, 4.69) is 5.32 Å². The molecule has 0 bridgehead atoms. The lowest BCUT2D eigenvalue weighted by molar-refractivity contribution is -0.116. The van der Waals surface area contributed by atoms with Crippen LogP contribution in [0.5, 0.6) is 5.75 Å². The van der Waals surface area contributed by atoms with Gasteiger partial charge in [-0.3, -0.25) is 9.59 Å². The zero-order chi connectivity index (χ0) is 18.2. The van der Waals surface area contributed by atoms with Crippen molar-refractivity contribution < 1.29 is 14.3 Å². The number of para-hydroxylation sites is 2. The van der Waals surface area contributed by atoms with Crippen LogP contribution in [-0.4, -0.2) is 36.9 Å². The molecule has 2 aromatic rings. The molecule has 5 nitrogen and oxygen atoms in total. The van der Waals surface area contributed by atoms with Crippen LogP contribution in [0.2, 0.25) is 0 Å². The average Bonchev–Trinajstić information content (AvgIpc) is 2.61. The number of anilines is 1. The number of nitrogens with zero attached hydrogens (tertiary/aromatic N) is 1. The number of ether oxygens (including phenoxy) is 1. The zero-order valence-corrected chi connectivity index (χ0v) is 14.9. The second kappa shape index (κ2) is 8.87. The van der Waals surface area contributed by atoms with E-state index in [0.717, 1.165) is 12.0 Å². The summed E-state index contributed by atoms with van der Waals surface area (Å²) < 4.78 is 5.24. The largest absolute Gasteiger partial charge is 0.495 e. The summed E-state index contributed by atoms with van der Waals surface area (Å²) in [7, 11) is 1.55. The highest BCUT2D eigenvalue weighted by Crippen LogP contribution is 2.23. The van der Waals surface area contributed by atoms with Crippen LogP contribution < -0.4 is 10.1 Å². The Kier molecular flexibility index (Phi) is 6.57. The molecule has 25 heavy (non-hydrogen) atoms. The first-order chi connectivity index (χ1) is 12.1. The molecule has 2 amide bonds. The molecule has 0 saturated carbocycles. The summed E-state index contributed by atoms with van der Waals surface area (Å²) in [6.07, 6.45) is 0.777. The number of amides is 2. The Balaban J connectivity index is 2.12. The van der Waals surface area contributed by atoms with Gasteiger partial charge in [0.25, 0.3) is 5.91 Å². The molecule has 0 unspecified atom stereocenters. The molecule has 0 aliphatic heterocycles. The number of carbonyl (C=O) groups excluding carboxylic acids is 2. The minimum absolute atomic E-state index is 0.000936. The maximum Gasteiger partial charge on any atom is 0.254 e. The molecule has 0 radical (unpaired) electrons. The van der Waals surface area contributed by atoms with Crippen LogP contribution in [-0.2, 0) is 4.79 Å². The Hall–Kier alpha value is -2.82. The van der Waals surface area contributed by atoms with E-state index in [1.54, 1.807) is 30.2 Å². The van der Waals surface area contributed by atoms with Gasteiger partial charge < -0.3 is 15.0 Å². The van der Waals surface area contributed by atoms with Gasteiger partial charge in [-0.25, -0.2) is 0 Å². The molecule has 0 fully saturated rings. The number of hydrogen-bond donors (Lipinski definition) is 1. The van der Waals surface area contributed by atoms with Gasteiger partial charge in [0.05, 0.1) is 12.8 Å². The molecule has 0 atom stereocenters. The normalized spacial score (nSPS) is 10.2. The number of aryl methyl sites for hydroxylation is 1. The number of hydrogen-bond acceptors (Lipinski definition) is 3. The van der Waals surface area contributed by atoms with E-state index in [4.69, 9.17) is 4.74 Å². The smallest absolute Gasteiger partial charge is 0.254 e. The van der Waals surface area contributed by atoms with Crippen molar-refractivity contribution in [2.75, 3.05) is 25.5 Å². The molecule has 0 saturated heterocycles. The van der Waals surface area contributed by atoms with E-state index >= 15 is 0 Å². The Morgan fingerprint density at radius 2 is 1.76 bits per heavy atom. The average molecular weight is 340 g/mol. The van der Waals surface area contributed by atoms with Crippen LogP contribution in [0.15, 0.2) is 48.5 Å². The monoisotopic (exact) mass is 340 g/mol. The number of carbonyl (C=O) groups is 2. The lowest BCUT2D eigenvalue weighted by Crippen LogP contribution is -2.38. The highest BCUT2D eigenvalue weighted by molar-refractivity contribution is 6.00. The summed E-state index contributed by atoms with van der Waals surface area (Å²) in [5, 5.41) is 2.81. The lowest BCUT2D eigenvalue weighted by atomic mass is 10.1. The maximum absolute atomic E-state index is 12.8. The van der Waals surface area contributed by atoms with E-state index in [1.165, 1.54) is 0 Å². The first-order valence-corrected chi connectivity index (χ1v) is 8.34. The Morgan fingerprint density at radius 1 is 1.08 bits per heavy atom. The number of nitrogens with one attached hydrogen (secondary N) is 1. The molecule has 0 aromatic heterocycles. The van der Waals surface area contributed by atoms with Gasteiger partial charge in [0, 0.05) is 12.1 Å². The second-order valence-corrected chi connectivity index (χ2v) is 5.79. The first-order valence-electron chi connectivity index (χ1n) is 8.34. The van der Waals surface area contributed by atoms with Crippen molar-refractivity contribution in [2.45, 2.75) is 20.3 Å². The van der Waals surface area contributed by atoms with E-state index in [1.807, 2.05) is 44.2 Å². The fraction of sp³-hybridized carbons (Fsp3) is 0.300. The third-order valence-electron chi connectivity index (χ3n) is 3.87. The Morgan fingerprint density at radius 3 is 2.44 bits per heavy atom. The zero-order valence-electron chi connectivity index (χ0n) is 14.9. The Bertz CT molecular complexity index is 743. The molecule has 132 valence electrons. The molecule has 0 heterocycles. The second-order valence-electron chi connectivity index (χ2n) is 5.79. The topological polar surface area (TPSA) is 58.6 Å². The molecule has 0 aliphatic carbocycles. The molecular weight excluding hydrogens is 316 g/mol. The first kappa shape index (κ1) is 18.5. The Labute approximate surface area is 148 Å². The predicted octanol–water partition coefficient (Wildman–Crippen LogP) is 3.49. The molecule has 0 aliphatic rings. The standard InChI is InChI=1S/C20H24N2O3/c1-4-13-22(20(24)16-10-6-5-9-15(16)2)14-19(23)21-17-11-7-8-12-18(17)25-3/h5-12H,4,13-14H2,1-3H3,(H,21,23). The van der Waals surface area contributed by atoms with E-state index in [9.17, 15) is 9.59 Å². The molecule has 2 aromatic carbocycles. The fourth-order valence-electron chi connectivity index (χ4n) is 2.62. The van der Waals surface area contributed by atoms with Crippen molar-refractivity contribution in [3.8, 4) is 5.75 Å². The van der Waals surface area contributed by atoms with Crippen LogP contribution in [0.1, 0.15) is 29.3 Å². The van der Waals surface area contributed by atoms with Crippen molar-refractivity contribution in [1.82, 2.24) is 4.90 Å². The summed E-state index contributed by atoms with van der Waals surface area (Å²) >= 11 is 0. The highest BCUT2D eigenvalue weighted by atomic mass is 16.5. The van der Waals surface area contributed by atoms with Gasteiger partial charge in [0.15, 0.2) is 0 Å². The number of benzene rings is 2. The van der Waals surface area contributed by atoms with Crippen molar-refractivity contribution in [1.29, 1.82) is 0 Å².